The molecule has 1 aliphatic rings. The fourth-order valence-corrected chi connectivity index (χ4v) is 3.11. The van der Waals surface area contributed by atoms with Crippen LogP contribution in [0.25, 0.3) is 22.7 Å². The first-order valence-corrected chi connectivity index (χ1v) is 7.81. The molecule has 4 nitrogen and oxygen atoms in total. The molecule has 0 saturated carbocycles. The molecule has 0 amide bonds. The number of benzene rings is 2. The number of aldehydes is 1. The molecule has 0 aliphatic carbocycles. The Kier molecular flexibility index (Phi) is 3.50. The third-order valence-corrected chi connectivity index (χ3v) is 4.23. The van der Waals surface area contributed by atoms with Crippen molar-refractivity contribution in [3.05, 3.63) is 71.4 Å². The standard InChI is InChI=1S/C20H15NO3/c22-13-17-12-15-6-2-4-8-19(15)21(17)18-7-3-1-5-14(18)11-16-9-10-24-20(16)23/h1-8,11-13H,9-10H2/b16-11+. The quantitative estimate of drug-likeness (QED) is 0.420. The molecular weight excluding hydrogens is 302 g/mol. The van der Waals surface area contributed by atoms with Crippen LogP contribution in [0, 0.1) is 0 Å². The smallest absolute Gasteiger partial charge is 0.334 e. The highest BCUT2D eigenvalue weighted by atomic mass is 16.5. The average molecular weight is 317 g/mol. The van der Waals surface area contributed by atoms with Gasteiger partial charge in [0.05, 0.1) is 23.5 Å². The van der Waals surface area contributed by atoms with Crippen LogP contribution in [0.5, 0.6) is 0 Å². The first-order valence-electron chi connectivity index (χ1n) is 7.81. The summed E-state index contributed by atoms with van der Waals surface area (Å²) in [5, 5.41) is 1.00. The van der Waals surface area contributed by atoms with Gasteiger partial charge in [0.2, 0.25) is 0 Å². The van der Waals surface area contributed by atoms with Crippen LogP contribution in [0.2, 0.25) is 0 Å². The van der Waals surface area contributed by atoms with Crippen molar-refractivity contribution in [1.82, 2.24) is 4.57 Å². The molecule has 1 fully saturated rings. The van der Waals surface area contributed by atoms with Gasteiger partial charge in [0.1, 0.15) is 0 Å². The molecule has 2 aromatic carbocycles. The van der Waals surface area contributed by atoms with Gasteiger partial charge in [0, 0.05) is 17.4 Å². The van der Waals surface area contributed by atoms with Crippen LogP contribution < -0.4 is 0 Å². The minimum absolute atomic E-state index is 0.266. The molecule has 0 radical (unpaired) electrons. The number of carbonyl (C=O) groups is 2. The Morgan fingerprint density at radius 3 is 2.62 bits per heavy atom. The van der Waals surface area contributed by atoms with Crippen molar-refractivity contribution in [2.24, 2.45) is 0 Å². The van der Waals surface area contributed by atoms with Crippen LogP contribution in [0.15, 0.2) is 60.2 Å². The fraction of sp³-hybridized carbons (Fsp3) is 0.100. The molecular formula is C20H15NO3. The van der Waals surface area contributed by atoms with E-state index in [-0.39, 0.29) is 5.97 Å². The Morgan fingerprint density at radius 1 is 1.04 bits per heavy atom. The monoisotopic (exact) mass is 317 g/mol. The highest BCUT2D eigenvalue weighted by Crippen LogP contribution is 2.28. The summed E-state index contributed by atoms with van der Waals surface area (Å²) in [4.78, 5) is 23.3. The number of esters is 1. The second-order valence-electron chi connectivity index (χ2n) is 5.70. The molecule has 1 aromatic heterocycles. The molecule has 2 heterocycles. The van der Waals surface area contributed by atoms with E-state index in [2.05, 4.69) is 0 Å². The minimum atomic E-state index is -0.266. The Balaban J connectivity index is 1.95. The van der Waals surface area contributed by atoms with E-state index in [1.807, 2.05) is 65.2 Å². The van der Waals surface area contributed by atoms with Crippen molar-refractivity contribution in [1.29, 1.82) is 0 Å². The van der Waals surface area contributed by atoms with E-state index in [1.54, 1.807) is 0 Å². The lowest BCUT2D eigenvalue weighted by Gasteiger charge is -2.11. The van der Waals surface area contributed by atoms with Gasteiger partial charge < -0.3 is 9.30 Å². The van der Waals surface area contributed by atoms with Crippen LogP contribution in [0.1, 0.15) is 22.5 Å². The zero-order valence-electron chi connectivity index (χ0n) is 12.9. The van der Waals surface area contributed by atoms with Gasteiger partial charge in [-0.3, -0.25) is 4.79 Å². The predicted molar refractivity (Wildman–Crippen MR) is 92.2 cm³/mol. The van der Waals surface area contributed by atoms with Gasteiger partial charge in [-0.05, 0) is 29.8 Å². The number of ether oxygens (including phenoxy) is 1. The zero-order chi connectivity index (χ0) is 16.5. The highest BCUT2D eigenvalue weighted by molar-refractivity contribution is 5.96. The van der Waals surface area contributed by atoms with Gasteiger partial charge in [-0.15, -0.1) is 0 Å². The number of rotatable bonds is 3. The number of para-hydroxylation sites is 2. The summed E-state index contributed by atoms with van der Waals surface area (Å²) < 4.78 is 6.94. The maximum Gasteiger partial charge on any atom is 0.334 e. The maximum absolute atomic E-state index is 11.8. The first kappa shape index (κ1) is 14.5. The molecule has 4 heteroatoms. The van der Waals surface area contributed by atoms with Gasteiger partial charge in [0.25, 0.3) is 0 Å². The minimum Gasteiger partial charge on any atom is -0.462 e. The van der Waals surface area contributed by atoms with E-state index in [1.165, 1.54) is 0 Å². The number of hydrogen-bond donors (Lipinski definition) is 0. The number of aromatic nitrogens is 1. The van der Waals surface area contributed by atoms with Gasteiger partial charge in [0.15, 0.2) is 6.29 Å². The molecule has 24 heavy (non-hydrogen) atoms. The molecule has 0 N–H and O–H groups in total. The van der Waals surface area contributed by atoms with Crippen LogP contribution >= 0.6 is 0 Å². The number of fused-ring (bicyclic) bond motifs is 1. The Labute approximate surface area is 139 Å². The Hall–Kier alpha value is -3.14. The van der Waals surface area contributed by atoms with Crippen molar-refractivity contribution in [3.63, 3.8) is 0 Å². The summed E-state index contributed by atoms with van der Waals surface area (Å²) >= 11 is 0. The third-order valence-electron chi connectivity index (χ3n) is 4.23. The Bertz CT molecular complexity index is 981. The maximum atomic E-state index is 11.8. The lowest BCUT2D eigenvalue weighted by atomic mass is 10.1. The number of cyclic esters (lactones) is 1. The summed E-state index contributed by atoms with van der Waals surface area (Å²) in [5.41, 5.74) is 3.95. The molecule has 0 unspecified atom stereocenters. The van der Waals surface area contributed by atoms with Crippen molar-refractivity contribution in [3.8, 4) is 5.69 Å². The topological polar surface area (TPSA) is 48.3 Å². The van der Waals surface area contributed by atoms with Crippen molar-refractivity contribution < 1.29 is 14.3 Å². The Morgan fingerprint density at radius 2 is 1.83 bits per heavy atom. The molecule has 0 bridgehead atoms. The molecule has 4 rings (SSSR count). The van der Waals surface area contributed by atoms with E-state index >= 15 is 0 Å². The average Bonchev–Trinajstić information content (AvgIpc) is 3.19. The predicted octanol–water partition coefficient (Wildman–Crippen LogP) is 3.77. The summed E-state index contributed by atoms with van der Waals surface area (Å²) in [7, 11) is 0. The lowest BCUT2D eigenvalue weighted by Crippen LogP contribution is -2.02. The van der Waals surface area contributed by atoms with Crippen molar-refractivity contribution >= 4 is 29.2 Å². The summed E-state index contributed by atoms with van der Waals surface area (Å²) in [5.74, 6) is -0.266. The summed E-state index contributed by atoms with van der Waals surface area (Å²) in [6, 6.07) is 17.5. The zero-order valence-corrected chi connectivity index (χ0v) is 12.9. The van der Waals surface area contributed by atoms with Gasteiger partial charge in [-0.2, -0.15) is 0 Å². The first-order chi connectivity index (χ1) is 11.8. The second-order valence-corrected chi connectivity index (χ2v) is 5.70. The molecule has 0 atom stereocenters. The number of hydrogen-bond acceptors (Lipinski definition) is 3. The normalized spacial score (nSPS) is 15.8. The SMILES string of the molecule is O=Cc1cc2ccccc2n1-c1ccccc1/C=C1\CCOC1=O. The van der Waals surface area contributed by atoms with Gasteiger partial charge in [-0.1, -0.05) is 36.4 Å². The van der Waals surface area contributed by atoms with Crippen LogP contribution in [0.3, 0.4) is 0 Å². The van der Waals surface area contributed by atoms with Crippen LogP contribution in [-0.2, 0) is 9.53 Å². The van der Waals surface area contributed by atoms with E-state index in [4.69, 9.17) is 4.74 Å². The molecule has 3 aromatic rings. The molecule has 1 saturated heterocycles. The molecule has 1 aliphatic heterocycles. The molecule has 118 valence electrons. The number of nitrogens with zero attached hydrogens (tertiary/aromatic N) is 1. The summed E-state index contributed by atoms with van der Waals surface area (Å²) in [6.45, 7) is 0.429. The summed E-state index contributed by atoms with van der Waals surface area (Å²) in [6.07, 6.45) is 3.32. The number of carbonyl (C=O) groups excluding carboxylic acids is 2. The van der Waals surface area contributed by atoms with Crippen LogP contribution in [0.4, 0.5) is 0 Å². The fourth-order valence-electron chi connectivity index (χ4n) is 3.11. The van der Waals surface area contributed by atoms with Crippen LogP contribution in [-0.4, -0.2) is 23.4 Å². The lowest BCUT2D eigenvalue weighted by molar-refractivity contribution is -0.134. The van der Waals surface area contributed by atoms with E-state index < -0.39 is 0 Å². The third kappa shape index (κ3) is 2.33. The van der Waals surface area contributed by atoms with Crippen molar-refractivity contribution in [2.75, 3.05) is 6.61 Å². The molecule has 0 spiro atoms. The van der Waals surface area contributed by atoms with E-state index in [0.717, 1.165) is 28.4 Å². The second kappa shape index (κ2) is 5.81. The van der Waals surface area contributed by atoms with Gasteiger partial charge in [-0.25, -0.2) is 4.79 Å². The van der Waals surface area contributed by atoms with E-state index in [0.29, 0.717) is 24.3 Å². The highest BCUT2D eigenvalue weighted by Gasteiger charge is 2.19. The van der Waals surface area contributed by atoms with Gasteiger partial charge >= 0.3 is 5.97 Å². The largest absolute Gasteiger partial charge is 0.462 e. The van der Waals surface area contributed by atoms with Crippen molar-refractivity contribution in [2.45, 2.75) is 6.42 Å². The van der Waals surface area contributed by atoms with E-state index in [9.17, 15) is 9.59 Å².